The van der Waals surface area contributed by atoms with Crippen LogP contribution < -0.4 is 11.1 Å². The molecule has 0 aromatic heterocycles. The summed E-state index contributed by atoms with van der Waals surface area (Å²) < 4.78 is 0. The zero-order valence-electron chi connectivity index (χ0n) is 13.8. The van der Waals surface area contributed by atoms with E-state index in [2.05, 4.69) is 18.5 Å². The Morgan fingerprint density at radius 2 is 1.73 bits per heavy atom. The van der Waals surface area contributed by atoms with Gasteiger partial charge in [-0.25, -0.2) is 0 Å². The molecule has 4 aliphatic carbocycles. The first kappa shape index (κ1) is 18.4. The molecular formula is C17H31ClN2OS. The van der Waals surface area contributed by atoms with Crippen LogP contribution in [0.1, 0.15) is 51.9 Å². The third-order valence-electron chi connectivity index (χ3n) is 6.33. The number of rotatable bonds is 6. The van der Waals surface area contributed by atoms with Crippen LogP contribution in [0.5, 0.6) is 0 Å². The van der Waals surface area contributed by atoms with Gasteiger partial charge in [0.1, 0.15) is 0 Å². The number of nitrogens with one attached hydrogen (secondary N) is 1. The summed E-state index contributed by atoms with van der Waals surface area (Å²) in [7, 11) is 0. The van der Waals surface area contributed by atoms with Crippen molar-refractivity contribution in [3.8, 4) is 0 Å². The first-order valence-electron chi connectivity index (χ1n) is 8.57. The van der Waals surface area contributed by atoms with Crippen LogP contribution in [0.2, 0.25) is 0 Å². The van der Waals surface area contributed by atoms with Crippen LogP contribution in [-0.2, 0) is 4.79 Å². The van der Waals surface area contributed by atoms with Gasteiger partial charge in [-0.05, 0) is 87.0 Å². The molecule has 0 aromatic carbocycles. The van der Waals surface area contributed by atoms with Gasteiger partial charge in [-0.3, -0.25) is 4.79 Å². The van der Waals surface area contributed by atoms with E-state index in [1.807, 2.05) is 0 Å². The van der Waals surface area contributed by atoms with Crippen molar-refractivity contribution in [2.24, 2.45) is 28.9 Å². The molecule has 3 nitrogen and oxygen atoms in total. The third kappa shape index (κ3) is 3.59. The van der Waals surface area contributed by atoms with E-state index in [0.717, 1.165) is 29.9 Å². The van der Waals surface area contributed by atoms with Crippen molar-refractivity contribution in [3.05, 3.63) is 0 Å². The number of thioether (sulfide) groups is 1. The van der Waals surface area contributed by atoms with Crippen molar-refractivity contribution >= 4 is 30.1 Å². The van der Waals surface area contributed by atoms with Gasteiger partial charge in [0.15, 0.2) is 0 Å². The van der Waals surface area contributed by atoms with Crippen molar-refractivity contribution in [1.82, 2.24) is 5.32 Å². The zero-order chi connectivity index (χ0) is 15.0. The number of hydrogen-bond acceptors (Lipinski definition) is 3. The summed E-state index contributed by atoms with van der Waals surface area (Å²) in [4.78, 5) is 12.3. The number of nitrogens with two attached hydrogens (primary N) is 1. The minimum Gasteiger partial charge on any atom is -0.352 e. The summed E-state index contributed by atoms with van der Waals surface area (Å²) in [5.41, 5.74) is 6.40. The summed E-state index contributed by atoms with van der Waals surface area (Å²) in [5, 5.41) is 3.27. The summed E-state index contributed by atoms with van der Waals surface area (Å²) in [5.74, 6) is 3.81. The fourth-order valence-corrected chi connectivity index (χ4v) is 6.05. The Balaban J connectivity index is 0.00000176. The van der Waals surface area contributed by atoms with Gasteiger partial charge in [-0.1, -0.05) is 0 Å². The number of carbonyl (C=O) groups is 1. The molecule has 0 spiro atoms. The maximum Gasteiger partial charge on any atom is 0.237 e. The topological polar surface area (TPSA) is 55.1 Å². The highest BCUT2D eigenvalue weighted by atomic mass is 35.5. The van der Waals surface area contributed by atoms with Crippen LogP contribution in [0.25, 0.3) is 0 Å². The van der Waals surface area contributed by atoms with Crippen LogP contribution >= 0.6 is 24.2 Å². The molecule has 22 heavy (non-hydrogen) atoms. The van der Waals surface area contributed by atoms with E-state index >= 15 is 0 Å². The Bertz CT molecular complexity index is 369. The highest BCUT2D eigenvalue weighted by molar-refractivity contribution is 7.98. The molecular weight excluding hydrogens is 316 g/mol. The van der Waals surface area contributed by atoms with E-state index in [4.69, 9.17) is 5.73 Å². The summed E-state index contributed by atoms with van der Waals surface area (Å²) in [6.07, 6.45) is 11.2. The van der Waals surface area contributed by atoms with Crippen LogP contribution in [-0.4, -0.2) is 30.0 Å². The van der Waals surface area contributed by atoms with Gasteiger partial charge in [-0.2, -0.15) is 11.8 Å². The zero-order valence-corrected chi connectivity index (χ0v) is 15.5. The average molecular weight is 347 g/mol. The number of hydrogen-bond donors (Lipinski definition) is 2. The van der Waals surface area contributed by atoms with Crippen LogP contribution in [0.4, 0.5) is 0 Å². The highest BCUT2D eigenvalue weighted by Gasteiger charge is 2.53. The predicted octanol–water partition coefficient (Wildman–Crippen LogP) is 3.21. The molecule has 0 aromatic rings. The molecule has 0 radical (unpaired) electrons. The molecule has 4 rings (SSSR count). The SMILES string of the molecule is CSCCC(N)C(=O)NC(C)C12CC3CC(CC(C3)C1)C2.Cl. The maximum atomic E-state index is 12.3. The van der Waals surface area contributed by atoms with Crippen molar-refractivity contribution in [2.75, 3.05) is 12.0 Å². The van der Waals surface area contributed by atoms with Crippen LogP contribution in [0.15, 0.2) is 0 Å². The van der Waals surface area contributed by atoms with Crippen molar-refractivity contribution in [1.29, 1.82) is 0 Å². The van der Waals surface area contributed by atoms with Gasteiger partial charge in [-0.15, -0.1) is 12.4 Å². The Kier molecular flexibility index (Phi) is 6.12. The molecule has 0 heterocycles. The molecule has 4 saturated carbocycles. The predicted molar refractivity (Wildman–Crippen MR) is 96.4 cm³/mol. The second kappa shape index (κ2) is 7.31. The van der Waals surface area contributed by atoms with E-state index in [9.17, 15) is 4.79 Å². The van der Waals surface area contributed by atoms with Gasteiger partial charge >= 0.3 is 0 Å². The van der Waals surface area contributed by atoms with E-state index in [0.29, 0.717) is 11.5 Å². The molecule has 2 unspecified atom stereocenters. The molecule has 5 heteroatoms. The quantitative estimate of drug-likeness (QED) is 0.776. The lowest BCUT2D eigenvalue weighted by atomic mass is 9.48. The first-order valence-corrected chi connectivity index (χ1v) is 9.96. The van der Waals surface area contributed by atoms with Gasteiger partial charge in [0.05, 0.1) is 6.04 Å². The lowest BCUT2D eigenvalue weighted by molar-refractivity contribution is -0.127. The normalized spacial score (nSPS) is 38.2. The minimum atomic E-state index is -0.339. The standard InChI is InChI=1S/C17H30N2OS.ClH/c1-11(19-16(20)15(18)3-4-21-2)17-8-12-5-13(9-17)7-14(6-12)10-17;/h11-15H,3-10,18H2,1-2H3,(H,19,20);1H. The second-order valence-corrected chi connectivity index (χ2v) is 8.88. The molecule has 4 bridgehead atoms. The Hall–Kier alpha value is 0.0700. The molecule has 3 N–H and O–H groups in total. The van der Waals surface area contributed by atoms with E-state index < -0.39 is 0 Å². The molecule has 0 saturated heterocycles. The van der Waals surface area contributed by atoms with Gasteiger partial charge in [0, 0.05) is 6.04 Å². The Labute approximate surface area is 145 Å². The first-order chi connectivity index (χ1) is 10.0. The average Bonchev–Trinajstić information content (AvgIpc) is 2.43. The van der Waals surface area contributed by atoms with E-state index in [1.165, 1.54) is 38.5 Å². The molecule has 128 valence electrons. The van der Waals surface area contributed by atoms with E-state index in [-0.39, 0.29) is 24.4 Å². The molecule has 4 fully saturated rings. The van der Waals surface area contributed by atoms with Crippen molar-refractivity contribution in [2.45, 2.75) is 64.0 Å². The minimum absolute atomic E-state index is 0. The Morgan fingerprint density at radius 1 is 1.23 bits per heavy atom. The van der Waals surface area contributed by atoms with Crippen LogP contribution in [0, 0.1) is 23.2 Å². The summed E-state index contributed by atoms with van der Waals surface area (Å²) in [6, 6.07) is -0.0486. The maximum absolute atomic E-state index is 12.3. The Morgan fingerprint density at radius 3 is 2.18 bits per heavy atom. The fourth-order valence-electron chi connectivity index (χ4n) is 5.56. The number of amides is 1. The number of carbonyl (C=O) groups excluding carboxylic acids is 1. The summed E-state index contributed by atoms with van der Waals surface area (Å²) >= 11 is 1.75. The van der Waals surface area contributed by atoms with Crippen LogP contribution in [0.3, 0.4) is 0 Å². The summed E-state index contributed by atoms with van der Waals surface area (Å²) in [6.45, 7) is 2.23. The lowest BCUT2D eigenvalue weighted by Crippen LogP contribution is -2.57. The van der Waals surface area contributed by atoms with Crippen molar-refractivity contribution < 1.29 is 4.79 Å². The molecule has 1 amide bonds. The molecule has 0 aliphatic heterocycles. The van der Waals surface area contributed by atoms with Gasteiger partial charge in [0.25, 0.3) is 0 Å². The second-order valence-electron chi connectivity index (χ2n) is 7.90. The van der Waals surface area contributed by atoms with E-state index in [1.54, 1.807) is 11.8 Å². The molecule has 2 atom stereocenters. The number of halogens is 1. The lowest BCUT2D eigenvalue weighted by Gasteiger charge is -2.59. The third-order valence-corrected chi connectivity index (χ3v) is 6.98. The van der Waals surface area contributed by atoms with Gasteiger partial charge in [0.2, 0.25) is 5.91 Å². The largest absolute Gasteiger partial charge is 0.352 e. The van der Waals surface area contributed by atoms with Gasteiger partial charge < -0.3 is 11.1 Å². The van der Waals surface area contributed by atoms with Crippen molar-refractivity contribution in [3.63, 3.8) is 0 Å². The monoisotopic (exact) mass is 346 g/mol. The molecule has 4 aliphatic rings. The fraction of sp³-hybridized carbons (Fsp3) is 0.941. The smallest absolute Gasteiger partial charge is 0.237 e. The highest BCUT2D eigenvalue weighted by Crippen LogP contribution is 2.61.